The lowest BCUT2D eigenvalue weighted by atomic mass is 9.83. The zero-order chi connectivity index (χ0) is 71.5. The smallest absolute Gasteiger partial charge is 0.410 e. The van der Waals surface area contributed by atoms with Crippen molar-refractivity contribution in [2.24, 2.45) is 53.1 Å². The Labute approximate surface area is 566 Å². The van der Waals surface area contributed by atoms with Crippen molar-refractivity contribution >= 4 is 70.6 Å². The van der Waals surface area contributed by atoms with Crippen molar-refractivity contribution in [3.8, 4) is 0 Å². The summed E-state index contributed by atoms with van der Waals surface area (Å²) >= 11 is 0. The zero-order valence-corrected chi connectivity index (χ0v) is 58.9. The number of hydrogen-bond acceptors (Lipinski definition) is 17. The molecule has 0 bridgehead atoms. The second kappa shape index (κ2) is 40.3. The van der Waals surface area contributed by atoms with Gasteiger partial charge >= 0.3 is 12.1 Å². The maximum Gasteiger partial charge on any atom is 0.410 e. The van der Waals surface area contributed by atoms with Crippen molar-refractivity contribution in [2.45, 2.75) is 176 Å². The van der Waals surface area contributed by atoms with Gasteiger partial charge in [-0.3, -0.25) is 48.1 Å². The lowest BCUT2D eigenvalue weighted by Crippen LogP contribution is -2.54. The number of nitrogens with two attached hydrogens (primary N) is 1. The highest BCUT2D eigenvalue weighted by Gasteiger charge is 2.44. The van der Waals surface area contributed by atoms with Crippen LogP contribution in [-0.2, 0) is 73.4 Å². The number of carbonyl (C=O) groups is 11. The first-order valence-electron chi connectivity index (χ1n) is 33.7. The highest BCUT2D eigenvalue weighted by molar-refractivity contribution is 6.12. The third-order valence-corrected chi connectivity index (χ3v) is 18.5. The number of hydrogen-bond donors (Lipinski definition) is 5. The number of carbonyl (C=O) groups excluding carboxylic acids is 11. The first-order chi connectivity index (χ1) is 45.5. The SMILES string of the molecule is CC[C@H](C)[C@@H]([C@@H](CC(=O)N1CCC[C@H]1[C@H](OC)[C@@H](C)C(=O)C[C@H](C)[C@@H](O)c1ccccc1)OC)N(C)C(=O)[C@@H](CC(=O)[C@H](C(C)C)N(C)C(=O)OCc1ccc(NC(=O)[C@H](CCCNC(N)=O)CC(=O)[C@@H](NC(=O)COCCOCCN2C(=O)C=CC2=O)C(C)C)cc1)C(C)C. The third-order valence-electron chi connectivity index (χ3n) is 18.5. The maximum absolute atomic E-state index is 14.9. The Morgan fingerprint density at radius 2 is 1.38 bits per heavy atom. The molecule has 6 N–H and O–H groups in total. The van der Waals surface area contributed by atoms with Gasteiger partial charge < -0.3 is 65.2 Å². The van der Waals surface area contributed by atoms with Gasteiger partial charge in [-0.1, -0.05) is 118 Å². The van der Waals surface area contributed by atoms with E-state index in [0.717, 1.165) is 10.5 Å². The van der Waals surface area contributed by atoms with Crippen LogP contribution < -0.4 is 21.7 Å². The second-order valence-corrected chi connectivity index (χ2v) is 26.6. The predicted molar refractivity (Wildman–Crippen MR) is 360 cm³/mol. The van der Waals surface area contributed by atoms with Crippen molar-refractivity contribution in [3.05, 3.63) is 77.9 Å². The van der Waals surface area contributed by atoms with Crippen LogP contribution in [0.2, 0.25) is 0 Å². The number of rotatable bonds is 43. The van der Waals surface area contributed by atoms with Crippen LogP contribution in [0.15, 0.2) is 66.7 Å². The molecule has 0 spiro atoms. The molecular formula is C71H108N8O17. The van der Waals surface area contributed by atoms with Gasteiger partial charge in [0, 0.05) is 96.3 Å². The highest BCUT2D eigenvalue weighted by Crippen LogP contribution is 2.33. The first-order valence-corrected chi connectivity index (χ1v) is 33.7. The van der Waals surface area contributed by atoms with E-state index in [1.807, 2.05) is 71.9 Å². The van der Waals surface area contributed by atoms with Gasteiger partial charge in [0.2, 0.25) is 23.6 Å². The van der Waals surface area contributed by atoms with Crippen molar-refractivity contribution in [3.63, 3.8) is 0 Å². The molecule has 0 unspecified atom stereocenters. The molecule has 9 amide bonds. The van der Waals surface area contributed by atoms with Crippen LogP contribution in [0.5, 0.6) is 0 Å². The van der Waals surface area contributed by atoms with Gasteiger partial charge in [-0.15, -0.1) is 0 Å². The van der Waals surface area contributed by atoms with Crippen LogP contribution in [0.1, 0.15) is 144 Å². The van der Waals surface area contributed by atoms with E-state index in [-0.39, 0.29) is 131 Å². The van der Waals surface area contributed by atoms with Crippen molar-refractivity contribution in [1.82, 2.24) is 30.2 Å². The van der Waals surface area contributed by atoms with Crippen LogP contribution in [-0.4, -0.2) is 200 Å². The number of aliphatic hydroxyl groups excluding tert-OH is 1. The predicted octanol–water partition coefficient (Wildman–Crippen LogP) is 6.82. The molecule has 2 aliphatic heterocycles. The summed E-state index contributed by atoms with van der Waals surface area (Å²) < 4.78 is 28.7. The van der Waals surface area contributed by atoms with Gasteiger partial charge in [0.25, 0.3) is 11.8 Å². The molecule has 12 atom stereocenters. The molecule has 4 rings (SSSR count). The van der Waals surface area contributed by atoms with Crippen molar-refractivity contribution < 1.29 is 81.5 Å². The zero-order valence-electron chi connectivity index (χ0n) is 58.9. The number of anilines is 1. The van der Waals surface area contributed by atoms with E-state index in [2.05, 4.69) is 16.0 Å². The third kappa shape index (κ3) is 24.3. The van der Waals surface area contributed by atoms with Crippen LogP contribution in [0.4, 0.5) is 15.3 Å². The van der Waals surface area contributed by atoms with E-state index in [1.165, 1.54) is 31.2 Å². The number of nitrogens with zero attached hydrogens (tertiary/aromatic N) is 4. The number of ether oxygens (including phenoxy) is 5. The van der Waals surface area contributed by atoms with Crippen LogP contribution in [0.3, 0.4) is 0 Å². The Balaban J connectivity index is 1.36. The fourth-order valence-corrected chi connectivity index (χ4v) is 12.7. The second-order valence-electron chi connectivity index (χ2n) is 26.6. The fourth-order valence-electron chi connectivity index (χ4n) is 12.7. The number of amides is 9. The minimum Gasteiger partial charge on any atom is -0.445 e. The van der Waals surface area contributed by atoms with E-state index >= 15 is 0 Å². The number of aliphatic hydroxyl groups is 1. The van der Waals surface area contributed by atoms with Crippen molar-refractivity contribution in [1.29, 1.82) is 0 Å². The van der Waals surface area contributed by atoms with E-state index in [0.29, 0.717) is 43.5 Å². The number of nitrogens with one attached hydrogen (secondary N) is 3. The summed E-state index contributed by atoms with van der Waals surface area (Å²) in [5.41, 5.74) is 6.90. The number of likely N-dealkylation sites (tertiary alicyclic amines) is 1. The van der Waals surface area contributed by atoms with Crippen LogP contribution in [0.25, 0.3) is 0 Å². The summed E-state index contributed by atoms with van der Waals surface area (Å²) in [7, 11) is 6.22. The molecule has 2 aromatic carbocycles. The minimum absolute atomic E-state index is 0.0214. The van der Waals surface area contributed by atoms with Crippen molar-refractivity contribution in [2.75, 3.05) is 79.7 Å². The summed E-state index contributed by atoms with van der Waals surface area (Å²) in [5, 5.41) is 19.1. The number of urea groups is 1. The monoisotopic (exact) mass is 1340 g/mol. The minimum atomic E-state index is -0.973. The van der Waals surface area contributed by atoms with Gasteiger partial charge in [0.1, 0.15) is 19.0 Å². The van der Waals surface area contributed by atoms with Gasteiger partial charge in [-0.2, -0.15) is 0 Å². The molecule has 96 heavy (non-hydrogen) atoms. The number of methoxy groups -OCH3 is 2. The molecule has 0 radical (unpaired) electrons. The largest absolute Gasteiger partial charge is 0.445 e. The number of Topliss-reactive ketones (excluding diaryl/α,β-unsaturated/α-hetero) is 3. The standard InChI is InChI=1S/C71H108N8O17/c1-15-46(8)65(58(92-13)40-62(86)78-32-20-24-54(78)67(93-14)48(10)55(80)37-47(9)66(87)50-21-17-16-18-22-50)76(11)69(89)53(43(2)3)39-57(82)64(45(6)7)77(12)71(91)96-41-49-25-27-52(28-26-49)74-68(88)51(23-19-31-73-70(72)90)38-56(81)63(44(4)5)75-59(83)42-95-36-35-94-34-33-79-60(84)29-30-61(79)85/h16-18,21-22,25-30,43-48,51,53-54,58,63-67,87H,15,19-20,23-24,31-42H2,1-14H3,(H,74,88)(H,75,83)(H3,72,73,90)/t46-,47-,48-,51+,53-,54-,58+,63-,64-,65-,66+,67+/m0/s1. The Kier molecular flexibility index (Phi) is 34.0. The molecule has 1 saturated heterocycles. The van der Waals surface area contributed by atoms with Crippen LogP contribution >= 0.6 is 0 Å². The first kappa shape index (κ1) is 81.0. The molecule has 0 aliphatic carbocycles. The average Bonchev–Trinajstić information content (AvgIpc) is 1.48. The normalized spacial score (nSPS) is 17.4. The molecule has 2 aliphatic rings. The number of benzene rings is 2. The average molecular weight is 1350 g/mol. The Morgan fingerprint density at radius 1 is 0.729 bits per heavy atom. The summed E-state index contributed by atoms with van der Waals surface area (Å²) in [6.45, 7) is 18.8. The highest BCUT2D eigenvalue weighted by atomic mass is 16.6. The molecule has 25 nitrogen and oxygen atoms in total. The van der Waals surface area contributed by atoms with Gasteiger partial charge in [-0.05, 0) is 78.5 Å². The lowest BCUT2D eigenvalue weighted by molar-refractivity contribution is -0.149. The molecular weight excluding hydrogens is 1240 g/mol. The Bertz CT molecular complexity index is 2910. The number of primary amides is 1. The molecule has 0 saturated carbocycles. The summed E-state index contributed by atoms with van der Waals surface area (Å²) in [4.78, 5) is 153. The van der Waals surface area contributed by atoms with E-state index in [4.69, 9.17) is 29.4 Å². The number of ketones is 3. The van der Waals surface area contributed by atoms with Gasteiger partial charge in [0.05, 0.1) is 75.3 Å². The topological polar surface area (TPSA) is 329 Å². The summed E-state index contributed by atoms with van der Waals surface area (Å²) in [5.74, 6) is -7.05. The summed E-state index contributed by atoms with van der Waals surface area (Å²) in [6, 6.07) is 12.0. The molecule has 25 heteroatoms. The maximum atomic E-state index is 14.9. The van der Waals surface area contributed by atoms with Gasteiger partial charge in [-0.25, -0.2) is 9.59 Å². The Morgan fingerprint density at radius 3 is 1.96 bits per heavy atom. The number of imide groups is 1. The van der Waals surface area contributed by atoms with E-state index < -0.39 is 102 Å². The lowest BCUT2D eigenvalue weighted by Gasteiger charge is -2.41. The van der Waals surface area contributed by atoms with Gasteiger partial charge in [0.15, 0.2) is 11.6 Å². The summed E-state index contributed by atoms with van der Waals surface area (Å²) in [6.07, 6.45) is 1.49. The van der Waals surface area contributed by atoms with E-state index in [1.54, 1.807) is 75.9 Å². The molecule has 1 fully saturated rings. The quantitative estimate of drug-likeness (QED) is 0.0336. The fraction of sp³-hybridized carbons (Fsp3) is 0.648. The molecule has 0 aromatic heterocycles. The number of likely N-dealkylation sites (N-methyl/N-ethyl adjacent to an activating group) is 2. The molecule has 2 heterocycles. The molecule has 534 valence electrons. The Hall–Kier alpha value is -7.45. The van der Waals surface area contributed by atoms with Crippen LogP contribution in [0, 0.1) is 47.3 Å². The van der Waals surface area contributed by atoms with E-state index in [9.17, 15) is 57.8 Å². The molecule has 2 aromatic rings.